The minimum atomic E-state index is -0.427. The average molecular weight is 329 g/mol. The number of esters is 1. The summed E-state index contributed by atoms with van der Waals surface area (Å²) in [5.74, 6) is -0.616. The number of carbonyl (C=O) groups is 1. The highest BCUT2D eigenvalue weighted by molar-refractivity contribution is 5.89. The molecule has 1 aromatic carbocycles. The van der Waals surface area contributed by atoms with Crippen molar-refractivity contribution in [3.63, 3.8) is 0 Å². The van der Waals surface area contributed by atoms with Crippen molar-refractivity contribution in [3.8, 4) is 0 Å². The Kier molecular flexibility index (Phi) is 4.64. The lowest BCUT2D eigenvalue weighted by Crippen LogP contribution is -2.46. The lowest BCUT2D eigenvalue weighted by Gasteiger charge is -2.37. The van der Waals surface area contributed by atoms with Crippen molar-refractivity contribution < 1.29 is 13.9 Å². The van der Waals surface area contributed by atoms with Crippen LogP contribution in [0.4, 0.5) is 15.8 Å². The molecule has 1 saturated heterocycles. The zero-order valence-corrected chi connectivity index (χ0v) is 13.8. The molecule has 1 aliphatic heterocycles. The quantitative estimate of drug-likeness (QED) is 0.810. The third kappa shape index (κ3) is 3.18. The van der Waals surface area contributed by atoms with Gasteiger partial charge in [0.2, 0.25) is 0 Å². The number of benzene rings is 1. The van der Waals surface area contributed by atoms with Gasteiger partial charge in [-0.25, -0.2) is 14.2 Å². The summed E-state index contributed by atoms with van der Waals surface area (Å²) in [4.78, 5) is 20.1. The Morgan fingerprint density at radius 1 is 1.17 bits per heavy atom. The van der Waals surface area contributed by atoms with Crippen LogP contribution in [-0.2, 0) is 4.74 Å². The number of rotatable bonds is 3. The van der Waals surface area contributed by atoms with Crippen molar-refractivity contribution >= 4 is 17.3 Å². The van der Waals surface area contributed by atoms with E-state index in [0.717, 1.165) is 37.4 Å². The summed E-state index contributed by atoms with van der Waals surface area (Å²) in [5, 5.41) is 0. The van der Waals surface area contributed by atoms with Gasteiger partial charge in [0, 0.05) is 26.2 Å². The highest BCUT2D eigenvalue weighted by Gasteiger charge is 2.21. The van der Waals surface area contributed by atoms with E-state index >= 15 is 0 Å². The van der Waals surface area contributed by atoms with Crippen molar-refractivity contribution in [2.45, 2.75) is 6.92 Å². The van der Waals surface area contributed by atoms with E-state index in [-0.39, 0.29) is 5.82 Å². The van der Waals surface area contributed by atoms with Crippen LogP contribution in [-0.4, -0.2) is 44.2 Å². The molecule has 126 valence electrons. The zero-order valence-electron chi connectivity index (χ0n) is 13.8. The van der Waals surface area contributed by atoms with Crippen LogP contribution in [0.15, 0.2) is 36.5 Å². The van der Waals surface area contributed by atoms with Crippen LogP contribution >= 0.6 is 0 Å². The summed E-state index contributed by atoms with van der Waals surface area (Å²) in [6.45, 7) is 4.86. The Morgan fingerprint density at radius 3 is 2.46 bits per heavy atom. The minimum absolute atomic E-state index is 0.189. The number of hydrogen-bond acceptors (Lipinski definition) is 5. The Hall–Kier alpha value is -2.63. The first-order valence-electron chi connectivity index (χ1n) is 7.89. The number of pyridine rings is 1. The van der Waals surface area contributed by atoms with Gasteiger partial charge in [0.05, 0.1) is 24.7 Å². The van der Waals surface area contributed by atoms with Gasteiger partial charge < -0.3 is 14.5 Å². The van der Waals surface area contributed by atoms with Gasteiger partial charge in [-0.15, -0.1) is 0 Å². The number of methoxy groups -OCH3 is 1. The Labute approximate surface area is 140 Å². The second-order valence-corrected chi connectivity index (χ2v) is 5.78. The van der Waals surface area contributed by atoms with Gasteiger partial charge in [-0.2, -0.15) is 0 Å². The van der Waals surface area contributed by atoms with Crippen molar-refractivity contribution in [1.29, 1.82) is 0 Å². The standard InChI is InChI=1S/C18H20FN3O2/c1-13-11-14(12-20-17(13)18(23)24-2)21-7-9-22(10-8-21)16-6-4-3-5-15(16)19/h3-6,11-12H,7-10H2,1-2H3. The number of anilines is 2. The Balaban J connectivity index is 1.70. The van der Waals surface area contributed by atoms with Gasteiger partial charge in [-0.05, 0) is 30.7 Å². The SMILES string of the molecule is COC(=O)c1ncc(N2CCN(c3ccccc3F)CC2)cc1C. The van der Waals surface area contributed by atoms with E-state index < -0.39 is 5.97 Å². The van der Waals surface area contributed by atoms with Gasteiger partial charge in [0.25, 0.3) is 0 Å². The molecule has 0 N–H and O–H groups in total. The van der Waals surface area contributed by atoms with Gasteiger partial charge in [0.1, 0.15) is 5.82 Å². The van der Waals surface area contributed by atoms with E-state index in [9.17, 15) is 9.18 Å². The van der Waals surface area contributed by atoms with Gasteiger partial charge >= 0.3 is 5.97 Å². The lowest BCUT2D eigenvalue weighted by molar-refractivity contribution is 0.0593. The molecule has 1 fully saturated rings. The van der Waals surface area contributed by atoms with Crippen LogP contribution in [0.2, 0.25) is 0 Å². The number of hydrogen-bond donors (Lipinski definition) is 0. The maximum atomic E-state index is 13.9. The molecule has 5 nitrogen and oxygen atoms in total. The first-order chi connectivity index (χ1) is 11.6. The summed E-state index contributed by atoms with van der Waals surface area (Å²) in [5.41, 5.74) is 2.74. The molecule has 0 saturated carbocycles. The molecule has 6 heteroatoms. The van der Waals surface area contributed by atoms with Crippen LogP contribution in [0.25, 0.3) is 0 Å². The van der Waals surface area contributed by atoms with E-state index in [0.29, 0.717) is 11.4 Å². The maximum absolute atomic E-state index is 13.9. The van der Waals surface area contributed by atoms with Crippen molar-refractivity contribution in [3.05, 3.63) is 53.6 Å². The van der Waals surface area contributed by atoms with E-state index in [4.69, 9.17) is 4.74 Å². The fraction of sp³-hybridized carbons (Fsp3) is 0.333. The topological polar surface area (TPSA) is 45.7 Å². The number of carbonyl (C=O) groups excluding carboxylic acids is 1. The highest BCUT2D eigenvalue weighted by atomic mass is 19.1. The Morgan fingerprint density at radius 2 is 1.83 bits per heavy atom. The predicted octanol–water partition coefficient (Wildman–Crippen LogP) is 2.64. The minimum Gasteiger partial charge on any atom is -0.464 e. The number of nitrogens with zero attached hydrogens (tertiary/aromatic N) is 3. The van der Waals surface area contributed by atoms with E-state index in [2.05, 4.69) is 14.8 Å². The largest absolute Gasteiger partial charge is 0.464 e. The van der Waals surface area contributed by atoms with Crippen molar-refractivity contribution in [2.75, 3.05) is 43.1 Å². The first kappa shape index (κ1) is 16.2. The molecule has 1 aromatic heterocycles. The summed E-state index contributed by atoms with van der Waals surface area (Å²) in [7, 11) is 1.35. The number of aromatic nitrogens is 1. The summed E-state index contributed by atoms with van der Waals surface area (Å²) in [6, 6.07) is 8.79. The van der Waals surface area contributed by atoms with Gasteiger partial charge in [0.15, 0.2) is 5.69 Å². The van der Waals surface area contributed by atoms with E-state index in [1.54, 1.807) is 12.3 Å². The monoisotopic (exact) mass is 329 g/mol. The predicted molar refractivity (Wildman–Crippen MR) is 91.1 cm³/mol. The van der Waals surface area contributed by atoms with Crippen molar-refractivity contribution in [1.82, 2.24) is 4.98 Å². The van der Waals surface area contributed by atoms with Crippen LogP contribution in [0.5, 0.6) is 0 Å². The van der Waals surface area contributed by atoms with E-state index in [1.165, 1.54) is 13.2 Å². The molecule has 0 aliphatic carbocycles. The average Bonchev–Trinajstić information content (AvgIpc) is 2.61. The maximum Gasteiger partial charge on any atom is 0.356 e. The first-order valence-corrected chi connectivity index (χ1v) is 7.89. The molecule has 0 unspecified atom stereocenters. The second kappa shape index (κ2) is 6.86. The molecule has 3 rings (SSSR count). The van der Waals surface area contributed by atoms with Crippen LogP contribution in [0.3, 0.4) is 0 Å². The summed E-state index contributed by atoms with van der Waals surface area (Å²) in [6.07, 6.45) is 1.69. The van der Waals surface area contributed by atoms with Gasteiger partial charge in [-0.1, -0.05) is 12.1 Å². The smallest absolute Gasteiger partial charge is 0.356 e. The molecule has 1 aliphatic rings. The third-order valence-electron chi connectivity index (χ3n) is 4.28. The number of ether oxygens (including phenoxy) is 1. The molecule has 0 bridgehead atoms. The van der Waals surface area contributed by atoms with Crippen LogP contribution in [0.1, 0.15) is 16.1 Å². The summed E-state index contributed by atoms with van der Waals surface area (Å²) < 4.78 is 18.6. The molecule has 24 heavy (non-hydrogen) atoms. The molecule has 0 spiro atoms. The molecular formula is C18H20FN3O2. The number of para-hydroxylation sites is 1. The zero-order chi connectivity index (χ0) is 17.1. The molecule has 2 heterocycles. The molecular weight excluding hydrogens is 309 g/mol. The number of piperazine rings is 1. The van der Waals surface area contributed by atoms with Crippen LogP contribution in [0, 0.1) is 12.7 Å². The second-order valence-electron chi connectivity index (χ2n) is 5.78. The normalized spacial score (nSPS) is 14.6. The fourth-order valence-electron chi connectivity index (χ4n) is 2.96. The molecule has 0 atom stereocenters. The highest BCUT2D eigenvalue weighted by Crippen LogP contribution is 2.23. The third-order valence-corrected chi connectivity index (χ3v) is 4.28. The fourth-order valence-corrected chi connectivity index (χ4v) is 2.96. The summed E-state index contributed by atoms with van der Waals surface area (Å²) >= 11 is 0. The van der Waals surface area contributed by atoms with Crippen LogP contribution < -0.4 is 9.80 Å². The molecule has 0 radical (unpaired) electrons. The molecule has 0 amide bonds. The lowest BCUT2D eigenvalue weighted by atomic mass is 10.1. The van der Waals surface area contributed by atoms with E-state index in [1.807, 2.05) is 25.1 Å². The molecule has 2 aromatic rings. The number of aryl methyl sites for hydroxylation is 1. The Bertz CT molecular complexity index is 743. The van der Waals surface area contributed by atoms with Gasteiger partial charge in [-0.3, -0.25) is 0 Å². The number of halogens is 1. The van der Waals surface area contributed by atoms with Crippen molar-refractivity contribution in [2.24, 2.45) is 0 Å².